The van der Waals surface area contributed by atoms with Crippen molar-refractivity contribution in [2.24, 2.45) is 0 Å². The van der Waals surface area contributed by atoms with Crippen LogP contribution < -0.4 is 10.2 Å². The summed E-state index contributed by atoms with van der Waals surface area (Å²) in [5.41, 5.74) is 1.06. The summed E-state index contributed by atoms with van der Waals surface area (Å²) in [7, 11) is 0. The summed E-state index contributed by atoms with van der Waals surface area (Å²) in [6, 6.07) is 5.42. The molecule has 29 heavy (non-hydrogen) atoms. The first-order chi connectivity index (χ1) is 14.0. The van der Waals surface area contributed by atoms with Gasteiger partial charge in [0, 0.05) is 61.8 Å². The third-order valence-electron chi connectivity index (χ3n) is 6.25. The van der Waals surface area contributed by atoms with Gasteiger partial charge in [-0.25, -0.2) is 0 Å². The average Bonchev–Trinajstić information content (AvgIpc) is 3.25. The fraction of sp³-hybridized carbons (Fsp3) is 0.524. The molecule has 1 saturated heterocycles. The van der Waals surface area contributed by atoms with Crippen LogP contribution in [0.2, 0.25) is 0 Å². The SMILES string of the molecule is C[C@H](C(=O)NC1CCCC1)N1CCN(c2ccc([N+](=O)[O-])c3cnccc23)CC1. The van der Waals surface area contributed by atoms with Gasteiger partial charge in [0.15, 0.2) is 0 Å². The molecular formula is C21H27N5O3. The Labute approximate surface area is 170 Å². The Morgan fingerprint density at radius 3 is 2.59 bits per heavy atom. The molecule has 8 heteroatoms. The standard InChI is InChI=1S/C21H27N5O3/c1-15(21(27)23-16-4-2-3-5-16)24-10-12-25(13-11-24)19-6-7-20(26(28)29)18-14-22-9-8-17(18)19/h6-9,14-16H,2-5,10-13H2,1H3,(H,23,27)/t15-/m1/s1. The van der Waals surface area contributed by atoms with Crippen molar-refractivity contribution in [1.82, 2.24) is 15.2 Å². The molecule has 1 aliphatic heterocycles. The van der Waals surface area contributed by atoms with Gasteiger partial charge in [-0.3, -0.25) is 24.8 Å². The number of amides is 1. The zero-order valence-electron chi connectivity index (χ0n) is 16.7. The van der Waals surface area contributed by atoms with E-state index in [1.165, 1.54) is 12.8 Å². The number of carbonyl (C=O) groups excluding carboxylic acids is 1. The molecule has 0 spiro atoms. The van der Waals surface area contributed by atoms with Crippen LogP contribution in [-0.2, 0) is 4.79 Å². The summed E-state index contributed by atoms with van der Waals surface area (Å²) in [6.45, 7) is 5.09. The fourth-order valence-electron chi connectivity index (χ4n) is 4.50. The number of nitrogens with zero attached hydrogens (tertiary/aromatic N) is 4. The Bertz CT molecular complexity index is 904. The van der Waals surface area contributed by atoms with Gasteiger partial charge >= 0.3 is 0 Å². The Kier molecular flexibility index (Phi) is 5.62. The summed E-state index contributed by atoms with van der Waals surface area (Å²) in [6.07, 6.45) is 7.82. The van der Waals surface area contributed by atoms with Crippen molar-refractivity contribution in [1.29, 1.82) is 0 Å². The molecule has 8 nitrogen and oxygen atoms in total. The number of pyridine rings is 1. The molecule has 4 rings (SSSR count). The molecule has 1 aromatic heterocycles. The van der Waals surface area contributed by atoms with E-state index < -0.39 is 0 Å². The van der Waals surface area contributed by atoms with Crippen molar-refractivity contribution in [3.63, 3.8) is 0 Å². The van der Waals surface area contributed by atoms with Gasteiger partial charge in [-0.15, -0.1) is 0 Å². The molecule has 1 saturated carbocycles. The molecule has 2 aliphatic rings. The van der Waals surface area contributed by atoms with E-state index in [1.807, 2.05) is 19.1 Å². The largest absolute Gasteiger partial charge is 0.368 e. The van der Waals surface area contributed by atoms with Crippen LogP contribution in [0.1, 0.15) is 32.6 Å². The molecule has 0 bridgehead atoms. The summed E-state index contributed by atoms with van der Waals surface area (Å²) in [4.78, 5) is 32.1. The third-order valence-corrected chi connectivity index (χ3v) is 6.25. The van der Waals surface area contributed by atoms with Crippen molar-refractivity contribution >= 4 is 28.1 Å². The number of nitrogens with one attached hydrogen (secondary N) is 1. The summed E-state index contributed by atoms with van der Waals surface area (Å²) < 4.78 is 0. The van der Waals surface area contributed by atoms with Crippen LogP contribution in [0.4, 0.5) is 11.4 Å². The number of hydrogen-bond donors (Lipinski definition) is 1. The highest BCUT2D eigenvalue weighted by Gasteiger charge is 2.28. The lowest BCUT2D eigenvalue weighted by molar-refractivity contribution is -0.383. The van der Waals surface area contributed by atoms with Crippen LogP contribution in [0.15, 0.2) is 30.6 Å². The van der Waals surface area contributed by atoms with Crippen molar-refractivity contribution in [2.45, 2.75) is 44.7 Å². The van der Waals surface area contributed by atoms with E-state index in [9.17, 15) is 14.9 Å². The number of carbonyl (C=O) groups is 1. The monoisotopic (exact) mass is 397 g/mol. The highest BCUT2D eigenvalue weighted by Crippen LogP contribution is 2.33. The molecule has 0 unspecified atom stereocenters. The first-order valence-electron chi connectivity index (χ1n) is 10.3. The first kappa shape index (κ1) is 19.6. The van der Waals surface area contributed by atoms with Crippen LogP contribution in [0.3, 0.4) is 0 Å². The number of hydrogen-bond acceptors (Lipinski definition) is 6. The highest BCUT2D eigenvalue weighted by molar-refractivity contribution is 5.99. The third kappa shape index (κ3) is 4.03. The Morgan fingerprint density at radius 1 is 1.17 bits per heavy atom. The lowest BCUT2D eigenvalue weighted by atomic mass is 10.1. The minimum atomic E-state index is -0.365. The van der Waals surface area contributed by atoms with Gasteiger partial charge in [-0.2, -0.15) is 0 Å². The second-order valence-electron chi connectivity index (χ2n) is 7.97. The predicted molar refractivity (Wildman–Crippen MR) is 112 cm³/mol. The number of rotatable bonds is 5. The van der Waals surface area contributed by atoms with E-state index in [1.54, 1.807) is 18.5 Å². The average molecular weight is 397 g/mol. The van der Waals surface area contributed by atoms with Crippen LogP contribution >= 0.6 is 0 Å². The van der Waals surface area contributed by atoms with Crippen molar-refractivity contribution in [3.05, 3.63) is 40.7 Å². The highest BCUT2D eigenvalue weighted by atomic mass is 16.6. The van der Waals surface area contributed by atoms with Gasteiger partial charge in [0.1, 0.15) is 0 Å². The number of benzene rings is 1. The molecule has 0 radical (unpaired) electrons. The number of piperazine rings is 1. The fourth-order valence-corrected chi connectivity index (χ4v) is 4.50. The van der Waals surface area contributed by atoms with E-state index in [2.05, 4.69) is 20.1 Å². The molecule has 1 N–H and O–H groups in total. The van der Waals surface area contributed by atoms with Gasteiger partial charge in [0.05, 0.1) is 16.4 Å². The smallest absolute Gasteiger partial charge is 0.278 e. The topological polar surface area (TPSA) is 91.6 Å². The van der Waals surface area contributed by atoms with Crippen LogP contribution in [0.5, 0.6) is 0 Å². The molecule has 154 valence electrons. The summed E-state index contributed by atoms with van der Waals surface area (Å²) in [5, 5.41) is 15.9. The zero-order chi connectivity index (χ0) is 20.4. The number of non-ortho nitro benzene ring substituents is 1. The van der Waals surface area contributed by atoms with Gasteiger partial charge in [-0.1, -0.05) is 12.8 Å². The molecule has 1 atom stereocenters. The molecule has 1 aliphatic carbocycles. The zero-order valence-corrected chi connectivity index (χ0v) is 16.7. The molecule has 1 amide bonds. The number of nitro benzene ring substituents is 1. The molecule has 2 aromatic rings. The second-order valence-corrected chi connectivity index (χ2v) is 7.97. The van der Waals surface area contributed by atoms with Gasteiger partial charge in [0.25, 0.3) is 5.69 Å². The quantitative estimate of drug-likeness (QED) is 0.616. The maximum atomic E-state index is 12.6. The summed E-state index contributed by atoms with van der Waals surface area (Å²) >= 11 is 0. The molecule has 2 heterocycles. The van der Waals surface area contributed by atoms with Gasteiger partial charge in [0.2, 0.25) is 5.91 Å². The lowest BCUT2D eigenvalue weighted by Crippen LogP contribution is -2.54. The normalized spacial score (nSPS) is 19.4. The van der Waals surface area contributed by atoms with Crippen molar-refractivity contribution in [3.8, 4) is 0 Å². The molecule has 1 aromatic carbocycles. The van der Waals surface area contributed by atoms with E-state index in [0.29, 0.717) is 11.4 Å². The molecule has 2 fully saturated rings. The number of nitro groups is 1. The van der Waals surface area contributed by atoms with Crippen LogP contribution in [0, 0.1) is 10.1 Å². The lowest BCUT2D eigenvalue weighted by Gasteiger charge is -2.39. The van der Waals surface area contributed by atoms with Crippen LogP contribution in [0.25, 0.3) is 10.8 Å². The first-order valence-corrected chi connectivity index (χ1v) is 10.3. The maximum absolute atomic E-state index is 12.6. The minimum absolute atomic E-state index is 0.0766. The predicted octanol–water partition coefficient (Wildman–Crippen LogP) is 2.71. The van der Waals surface area contributed by atoms with Gasteiger partial charge < -0.3 is 10.2 Å². The van der Waals surface area contributed by atoms with E-state index >= 15 is 0 Å². The Hall–Kier alpha value is -2.74. The number of fused-ring (bicyclic) bond motifs is 1. The van der Waals surface area contributed by atoms with Crippen LogP contribution in [-0.4, -0.2) is 59.0 Å². The number of aromatic nitrogens is 1. The Morgan fingerprint density at radius 2 is 1.90 bits per heavy atom. The minimum Gasteiger partial charge on any atom is -0.368 e. The molecular weight excluding hydrogens is 370 g/mol. The van der Waals surface area contributed by atoms with E-state index in [0.717, 1.165) is 50.1 Å². The van der Waals surface area contributed by atoms with Crippen molar-refractivity contribution < 1.29 is 9.72 Å². The van der Waals surface area contributed by atoms with Crippen molar-refractivity contribution in [2.75, 3.05) is 31.1 Å². The maximum Gasteiger partial charge on any atom is 0.278 e. The van der Waals surface area contributed by atoms with Gasteiger partial charge in [-0.05, 0) is 31.9 Å². The Balaban J connectivity index is 1.44. The second kappa shape index (κ2) is 8.32. The summed E-state index contributed by atoms with van der Waals surface area (Å²) in [5.74, 6) is 0.122. The van der Waals surface area contributed by atoms with E-state index in [-0.39, 0.29) is 22.6 Å². The van der Waals surface area contributed by atoms with E-state index in [4.69, 9.17) is 0 Å². The number of anilines is 1.